The lowest BCUT2D eigenvalue weighted by atomic mass is 9.83. The quantitative estimate of drug-likeness (QED) is 0.835. The van der Waals surface area contributed by atoms with Crippen LogP contribution in [0.2, 0.25) is 0 Å². The molecule has 116 valence electrons. The maximum Gasteiger partial charge on any atom is 0.241 e. The first-order chi connectivity index (χ1) is 9.56. The van der Waals surface area contributed by atoms with Crippen LogP contribution in [-0.2, 0) is 4.79 Å². The monoisotopic (exact) mass is 280 g/mol. The summed E-state index contributed by atoms with van der Waals surface area (Å²) in [7, 11) is 0. The Labute approximate surface area is 124 Å². The molecule has 3 heteroatoms. The van der Waals surface area contributed by atoms with Crippen molar-refractivity contribution < 1.29 is 4.79 Å². The molecule has 2 fully saturated rings. The lowest BCUT2D eigenvalue weighted by molar-refractivity contribution is -0.133. The van der Waals surface area contributed by atoms with Gasteiger partial charge < -0.3 is 4.90 Å². The summed E-state index contributed by atoms with van der Waals surface area (Å²) < 4.78 is 0. The Morgan fingerprint density at radius 1 is 1.15 bits per heavy atom. The van der Waals surface area contributed by atoms with Crippen LogP contribution in [0, 0.1) is 11.8 Å². The van der Waals surface area contributed by atoms with E-state index in [0.717, 1.165) is 18.8 Å². The third kappa shape index (κ3) is 3.36. The summed E-state index contributed by atoms with van der Waals surface area (Å²) in [4.78, 5) is 14.9. The van der Waals surface area contributed by atoms with Crippen LogP contribution in [0.5, 0.6) is 0 Å². The van der Waals surface area contributed by atoms with Crippen molar-refractivity contribution >= 4 is 5.91 Å². The molecule has 0 spiro atoms. The van der Waals surface area contributed by atoms with Crippen LogP contribution in [0.3, 0.4) is 0 Å². The van der Waals surface area contributed by atoms with Gasteiger partial charge in [0, 0.05) is 6.04 Å². The molecule has 2 rings (SSSR count). The summed E-state index contributed by atoms with van der Waals surface area (Å²) in [5, 5.41) is 3.57. The number of hydrogen-bond acceptors (Lipinski definition) is 2. The van der Waals surface area contributed by atoms with Gasteiger partial charge in [0.2, 0.25) is 5.91 Å². The smallest absolute Gasteiger partial charge is 0.241 e. The molecule has 1 saturated carbocycles. The predicted octanol–water partition coefficient (Wildman–Crippen LogP) is 3.54. The first-order valence-electron chi connectivity index (χ1n) is 8.65. The first-order valence-corrected chi connectivity index (χ1v) is 8.65. The Hall–Kier alpha value is -0.570. The van der Waals surface area contributed by atoms with E-state index in [-0.39, 0.29) is 12.2 Å². The molecule has 2 atom stereocenters. The van der Waals surface area contributed by atoms with E-state index < -0.39 is 0 Å². The molecule has 3 nitrogen and oxygen atoms in total. The van der Waals surface area contributed by atoms with E-state index in [1.165, 1.54) is 32.1 Å². The average molecular weight is 280 g/mol. The van der Waals surface area contributed by atoms with E-state index in [1.807, 2.05) is 0 Å². The third-order valence-corrected chi connectivity index (χ3v) is 5.17. The fourth-order valence-electron chi connectivity index (χ4n) is 3.90. The second-order valence-electron chi connectivity index (χ2n) is 7.10. The predicted molar refractivity (Wildman–Crippen MR) is 83.3 cm³/mol. The van der Waals surface area contributed by atoms with Crippen LogP contribution >= 0.6 is 0 Å². The normalized spacial score (nSPS) is 35.0. The Bertz CT molecular complexity index is 321. The Morgan fingerprint density at radius 3 is 2.30 bits per heavy atom. The SMILES string of the molecule is CCC1CCC(N2C(=O)C(CC)NC2CC(C)C)CC1. The fourth-order valence-corrected chi connectivity index (χ4v) is 3.90. The zero-order chi connectivity index (χ0) is 14.7. The van der Waals surface area contributed by atoms with Crippen molar-refractivity contribution in [3.8, 4) is 0 Å². The van der Waals surface area contributed by atoms with Crippen molar-refractivity contribution in [3.05, 3.63) is 0 Å². The largest absolute Gasteiger partial charge is 0.323 e. The van der Waals surface area contributed by atoms with Crippen molar-refractivity contribution in [2.45, 2.75) is 90.9 Å². The molecule has 1 heterocycles. The van der Waals surface area contributed by atoms with Gasteiger partial charge in [-0.3, -0.25) is 10.1 Å². The molecule has 2 aliphatic rings. The Kier molecular flexibility index (Phi) is 5.48. The van der Waals surface area contributed by atoms with Crippen LogP contribution in [0.15, 0.2) is 0 Å². The van der Waals surface area contributed by atoms with Crippen molar-refractivity contribution in [2.24, 2.45) is 11.8 Å². The zero-order valence-electron chi connectivity index (χ0n) is 13.7. The molecule has 20 heavy (non-hydrogen) atoms. The second-order valence-corrected chi connectivity index (χ2v) is 7.10. The zero-order valence-corrected chi connectivity index (χ0v) is 13.7. The molecule has 1 amide bonds. The second kappa shape index (κ2) is 6.93. The molecule has 0 aromatic heterocycles. The van der Waals surface area contributed by atoms with E-state index in [4.69, 9.17) is 0 Å². The molecule has 0 aromatic carbocycles. The molecule has 1 saturated heterocycles. The van der Waals surface area contributed by atoms with Crippen molar-refractivity contribution in [2.75, 3.05) is 0 Å². The Morgan fingerprint density at radius 2 is 1.80 bits per heavy atom. The molecule has 0 bridgehead atoms. The maximum absolute atomic E-state index is 12.6. The van der Waals surface area contributed by atoms with Gasteiger partial charge in [0.15, 0.2) is 0 Å². The van der Waals surface area contributed by atoms with Crippen LogP contribution < -0.4 is 5.32 Å². The summed E-state index contributed by atoms with van der Waals surface area (Å²) in [5.74, 6) is 1.88. The summed E-state index contributed by atoms with van der Waals surface area (Å²) in [6.07, 6.45) is 8.58. The molecular weight excluding hydrogens is 248 g/mol. The minimum atomic E-state index is 0.0580. The van der Waals surface area contributed by atoms with Gasteiger partial charge in [0.25, 0.3) is 0 Å². The lowest BCUT2D eigenvalue weighted by Crippen LogP contribution is -2.46. The van der Waals surface area contributed by atoms with Gasteiger partial charge in [-0.2, -0.15) is 0 Å². The minimum absolute atomic E-state index is 0.0580. The van der Waals surface area contributed by atoms with E-state index in [1.54, 1.807) is 0 Å². The number of amides is 1. The topological polar surface area (TPSA) is 32.3 Å². The lowest BCUT2D eigenvalue weighted by Gasteiger charge is -2.38. The van der Waals surface area contributed by atoms with E-state index in [0.29, 0.717) is 17.9 Å². The van der Waals surface area contributed by atoms with E-state index >= 15 is 0 Å². The van der Waals surface area contributed by atoms with E-state index in [9.17, 15) is 4.79 Å². The summed E-state index contributed by atoms with van der Waals surface area (Å²) in [6, 6.07) is 0.542. The number of nitrogens with zero attached hydrogens (tertiary/aromatic N) is 1. The molecule has 0 aromatic rings. The molecule has 0 radical (unpaired) electrons. The van der Waals surface area contributed by atoms with Crippen molar-refractivity contribution in [1.29, 1.82) is 0 Å². The standard InChI is InChI=1S/C17H32N2O/c1-5-13-7-9-14(10-8-13)19-16(11-12(3)4)18-15(6-2)17(19)20/h12-16,18H,5-11H2,1-4H3. The van der Waals surface area contributed by atoms with Crippen molar-refractivity contribution in [3.63, 3.8) is 0 Å². The third-order valence-electron chi connectivity index (χ3n) is 5.17. The van der Waals surface area contributed by atoms with Gasteiger partial charge in [0.05, 0.1) is 12.2 Å². The minimum Gasteiger partial charge on any atom is -0.323 e. The van der Waals surface area contributed by atoms with Crippen LogP contribution in [-0.4, -0.2) is 29.1 Å². The van der Waals surface area contributed by atoms with Crippen LogP contribution in [0.4, 0.5) is 0 Å². The van der Waals surface area contributed by atoms with Crippen LogP contribution in [0.25, 0.3) is 0 Å². The maximum atomic E-state index is 12.6. The summed E-state index contributed by atoms with van der Waals surface area (Å²) in [5.41, 5.74) is 0. The highest BCUT2D eigenvalue weighted by atomic mass is 16.2. The summed E-state index contributed by atoms with van der Waals surface area (Å²) in [6.45, 7) is 8.90. The highest BCUT2D eigenvalue weighted by molar-refractivity contribution is 5.84. The molecule has 1 N–H and O–H groups in total. The molecule has 1 aliphatic carbocycles. The number of rotatable bonds is 5. The molecule has 2 unspecified atom stereocenters. The van der Waals surface area contributed by atoms with E-state index in [2.05, 4.69) is 37.9 Å². The number of carbonyl (C=O) groups is 1. The highest BCUT2D eigenvalue weighted by Crippen LogP contribution is 2.33. The van der Waals surface area contributed by atoms with Gasteiger partial charge >= 0.3 is 0 Å². The fraction of sp³-hybridized carbons (Fsp3) is 0.941. The first kappa shape index (κ1) is 15.8. The summed E-state index contributed by atoms with van der Waals surface area (Å²) >= 11 is 0. The average Bonchev–Trinajstić information content (AvgIpc) is 2.74. The number of hydrogen-bond donors (Lipinski definition) is 1. The van der Waals surface area contributed by atoms with Gasteiger partial charge in [-0.1, -0.05) is 34.1 Å². The molecule has 1 aliphatic heterocycles. The van der Waals surface area contributed by atoms with Crippen molar-refractivity contribution in [1.82, 2.24) is 10.2 Å². The highest BCUT2D eigenvalue weighted by Gasteiger charge is 2.42. The van der Waals surface area contributed by atoms with Crippen LogP contribution in [0.1, 0.15) is 72.6 Å². The van der Waals surface area contributed by atoms with Gasteiger partial charge in [-0.05, 0) is 50.4 Å². The van der Waals surface area contributed by atoms with Gasteiger partial charge in [0.1, 0.15) is 0 Å². The number of carbonyl (C=O) groups excluding carboxylic acids is 1. The number of nitrogens with one attached hydrogen (secondary N) is 1. The van der Waals surface area contributed by atoms with Gasteiger partial charge in [-0.15, -0.1) is 0 Å². The molecular formula is C17H32N2O. The van der Waals surface area contributed by atoms with Gasteiger partial charge in [-0.25, -0.2) is 0 Å². The Balaban J connectivity index is 2.03.